The molecule has 0 N–H and O–H groups in total. The van der Waals surface area contributed by atoms with Crippen molar-refractivity contribution in [3.05, 3.63) is 29.5 Å². The number of nitrogens with zero attached hydrogens (tertiary/aromatic N) is 3. The van der Waals surface area contributed by atoms with Crippen LogP contribution < -0.4 is 0 Å². The minimum atomic E-state index is 0.512. The lowest BCUT2D eigenvalue weighted by Crippen LogP contribution is -1.89. The van der Waals surface area contributed by atoms with Gasteiger partial charge < -0.3 is 0 Å². The second kappa shape index (κ2) is 3.15. The maximum Gasteiger partial charge on any atom is 0.170 e. The third-order valence-electron chi connectivity index (χ3n) is 2.43. The molecule has 2 rings (SSSR count). The van der Waals surface area contributed by atoms with Crippen LogP contribution in [0.1, 0.15) is 18.2 Å². The minimum absolute atomic E-state index is 0.512. The Balaban J connectivity index is 2.79. The van der Waals surface area contributed by atoms with E-state index in [-0.39, 0.29) is 0 Å². The summed E-state index contributed by atoms with van der Waals surface area (Å²) in [4.78, 5) is 0. The van der Waals surface area contributed by atoms with E-state index in [4.69, 9.17) is 5.26 Å². The van der Waals surface area contributed by atoms with Crippen LogP contribution in [-0.2, 0) is 13.5 Å². The molecule has 3 heteroatoms. The van der Waals surface area contributed by atoms with Gasteiger partial charge in [0.1, 0.15) is 6.07 Å². The molecule has 0 bridgehead atoms. The van der Waals surface area contributed by atoms with Gasteiger partial charge in [-0.3, -0.25) is 4.68 Å². The number of rotatable bonds is 1. The van der Waals surface area contributed by atoms with Gasteiger partial charge >= 0.3 is 0 Å². The molecule has 0 saturated carbocycles. The van der Waals surface area contributed by atoms with Crippen molar-refractivity contribution in [2.75, 3.05) is 0 Å². The summed E-state index contributed by atoms with van der Waals surface area (Å²) in [6.45, 7) is 2.10. The van der Waals surface area contributed by atoms with Crippen molar-refractivity contribution >= 4 is 10.9 Å². The van der Waals surface area contributed by atoms with E-state index in [1.54, 1.807) is 4.68 Å². The van der Waals surface area contributed by atoms with Gasteiger partial charge in [0.25, 0.3) is 0 Å². The van der Waals surface area contributed by atoms with Crippen molar-refractivity contribution in [2.45, 2.75) is 13.3 Å². The maximum absolute atomic E-state index is 8.89. The Bertz CT molecular complexity index is 517. The molecule has 0 unspecified atom stereocenters. The summed E-state index contributed by atoms with van der Waals surface area (Å²) in [5.41, 5.74) is 2.76. The molecule has 14 heavy (non-hydrogen) atoms. The second-order valence-electron chi connectivity index (χ2n) is 3.29. The molecule has 2 aromatic rings. The molecule has 0 spiro atoms. The van der Waals surface area contributed by atoms with E-state index in [9.17, 15) is 0 Å². The molecule has 1 heterocycles. The normalized spacial score (nSPS) is 10.4. The summed E-state index contributed by atoms with van der Waals surface area (Å²) in [5, 5.41) is 14.0. The largest absolute Gasteiger partial charge is 0.267 e. The number of aryl methyl sites for hydroxylation is 2. The molecule has 0 saturated heterocycles. The summed E-state index contributed by atoms with van der Waals surface area (Å²) in [6.07, 6.45) is 0.982. The van der Waals surface area contributed by atoms with E-state index in [1.165, 1.54) is 5.56 Å². The molecule has 1 aromatic heterocycles. The maximum atomic E-state index is 8.89. The van der Waals surface area contributed by atoms with E-state index in [1.807, 2.05) is 19.2 Å². The first-order valence-electron chi connectivity index (χ1n) is 4.62. The smallest absolute Gasteiger partial charge is 0.170 e. The van der Waals surface area contributed by atoms with Gasteiger partial charge in [-0.25, -0.2) is 0 Å². The van der Waals surface area contributed by atoms with Gasteiger partial charge in [0.05, 0.1) is 5.52 Å². The average Bonchev–Trinajstić information content (AvgIpc) is 2.55. The first kappa shape index (κ1) is 8.76. The van der Waals surface area contributed by atoms with E-state index in [0.717, 1.165) is 17.3 Å². The Hall–Kier alpha value is -1.82. The molecule has 1 aromatic carbocycles. The highest BCUT2D eigenvalue weighted by Crippen LogP contribution is 2.19. The number of benzene rings is 1. The zero-order valence-electron chi connectivity index (χ0n) is 8.28. The fourth-order valence-corrected chi connectivity index (χ4v) is 1.62. The van der Waals surface area contributed by atoms with Crippen LogP contribution in [0, 0.1) is 11.3 Å². The highest BCUT2D eigenvalue weighted by molar-refractivity contribution is 5.84. The van der Waals surface area contributed by atoms with Crippen LogP contribution in [-0.4, -0.2) is 9.78 Å². The summed E-state index contributed by atoms with van der Waals surface area (Å²) in [7, 11) is 1.86. The second-order valence-corrected chi connectivity index (χ2v) is 3.29. The summed E-state index contributed by atoms with van der Waals surface area (Å²) >= 11 is 0. The number of nitriles is 1. The predicted molar refractivity (Wildman–Crippen MR) is 54.8 cm³/mol. The molecule has 0 aliphatic heterocycles. The lowest BCUT2D eigenvalue weighted by Gasteiger charge is -1.97. The molecule has 0 amide bonds. The van der Waals surface area contributed by atoms with Gasteiger partial charge in [0.2, 0.25) is 0 Å². The lowest BCUT2D eigenvalue weighted by molar-refractivity contribution is 0.791. The third kappa shape index (κ3) is 1.16. The molecular formula is C11H11N3. The molecule has 0 aliphatic carbocycles. The van der Waals surface area contributed by atoms with E-state index >= 15 is 0 Å². The van der Waals surface area contributed by atoms with Crippen molar-refractivity contribution in [1.29, 1.82) is 5.26 Å². The fourth-order valence-electron chi connectivity index (χ4n) is 1.62. The molecule has 0 fully saturated rings. The Morgan fingerprint density at radius 3 is 2.93 bits per heavy atom. The van der Waals surface area contributed by atoms with Crippen LogP contribution in [0.3, 0.4) is 0 Å². The van der Waals surface area contributed by atoms with Crippen LogP contribution in [0.25, 0.3) is 10.9 Å². The first-order chi connectivity index (χ1) is 6.76. The fraction of sp³-hybridized carbons (Fsp3) is 0.273. The Morgan fingerprint density at radius 1 is 1.50 bits per heavy atom. The topological polar surface area (TPSA) is 41.6 Å². The van der Waals surface area contributed by atoms with Crippen molar-refractivity contribution < 1.29 is 0 Å². The average molecular weight is 185 g/mol. The van der Waals surface area contributed by atoms with Gasteiger partial charge in [-0.05, 0) is 24.1 Å². The van der Waals surface area contributed by atoms with Crippen LogP contribution in [0.5, 0.6) is 0 Å². The predicted octanol–water partition coefficient (Wildman–Crippen LogP) is 2.01. The quantitative estimate of drug-likeness (QED) is 0.682. The van der Waals surface area contributed by atoms with Crippen LogP contribution in [0.2, 0.25) is 0 Å². The van der Waals surface area contributed by atoms with Crippen LogP contribution >= 0.6 is 0 Å². The number of fused-ring (bicyclic) bond motifs is 1. The molecule has 0 aliphatic rings. The standard InChI is InChI=1S/C11H11N3/c1-3-8-4-5-11-9(6-8)10(7-12)13-14(11)2/h4-6H,3H2,1-2H3. The van der Waals surface area contributed by atoms with Crippen molar-refractivity contribution in [3.8, 4) is 6.07 Å². The highest BCUT2D eigenvalue weighted by Gasteiger charge is 2.07. The van der Waals surface area contributed by atoms with Crippen LogP contribution in [0.15, 0.2) is 18.2 Å². The van der Waals surface area contributed by atoms with Crippen molar-refractivity contribution in [3.63, 3.8) is 0 Å². The first-order valence-corrected chi connectivity index (χ1v) is 4.62. The molecule has 0 radical (unpaired) electrons. The number of aromatic nitrogens is 2. The van der Waals surface area contributed by atoms with Gasteiger partial charge in [0.15, 0.2) is 5.69 Å². The SMILES string of the molecule is CCc1ccc2c(c1)c(C#N)nn2C. The molecule has 0 atom stereocenters. The van der Waals surface area contributed by atoms with E-state index in [0.29, 0.717) is 5.69 Å². The van der Waals surface area contributed by atoms with Gasteiger partial charge in [0, 0.05) is 12.4 Å². The number of hydrogen-bond donors (Lipinski definition) is 0. The Morgan fingerprint density at radius 2 is 2.29 bits per heavy atom. The third-order valence-corrected chi connectivity index (χ3v) is 2.43. The monoisotopic (exact) mass is 185 g/mol. The molecule has 70 valence electrons. The summed E-state index contributed by atoms with van der Waals surface area (Å²) in [5.74, 6) is 0. The minimum Gasteiger partial charge on any atom is -0.267 e. The molecular weight excluding hydrogens is 174 g/mol. The summed E-state index contributed by atoms with van der Waals surface area (Å²) < 4.78 is 1.74. The Labute approximate surface area is 82.6 Å². The zero-order valence-corrected chi connectivity index (χ0v) is 8.28. The Kier molecular flexibility index (Phi) is 1.97. The van der Waals surface area contributed by atoms with E-state index in [2.05, 4.69) is 24.2 Å². The van der Waals surface area contributed by atoms with Crippen LogP contribution in [0.4, 0.5) is 0 Å². The van der Waals surface area contributed by atoms with Crippen molar-refractivity contribution in [2.24, 2.45) is 7.05 Å². The highest BCUT2D eigenvalue weighted by atomic mass is 15.3. The van der Waals surface area contributed by atoms with Crippen molar-refractivity contribution in [1.82, 2.24) is 9.78 Å². The lowest BCUT2D eigenvalue weighted by atomic mass is 10.1. The molecule has 3 nitrogen and oxygen atoms in total. The van der Waals surface area contributed by atoms with E-state index < -0.39 is 0 Å². The van der Waals surface area contributed by atoms with Gasteiger partial charge in [-0.15, -0.1) is 0 Å². The van der Waals surface area contributed by atoms with Gasteiger partial charge in [-0.1, -0.05) is 13.0 Å². The zero-order chi connectivity index (χ0) is 10.1. The number of hydrogen-bond acceptors (Lipinski definition) is 2. The van der Waals surface area contributed by atoms with Gasteiger partial charge in [-0.2, -0.15) is 10.4 Å². The summed E-state index contributed by atoms with van der Waals surface area (Å²) in [6, 6.07) is 8.24.